The van der Waals surface area contributed by atoms with Crippen LogP contribution in [-0.2, 0) is 18.6 Å². The molecular formula is C25H22N2O3S2. The van der Waals surface area contributed by atoms with Crippen LogP contribution >= 0.6 is 23.1 Å². The summed E-state index contributed by atoms with van der Waals surface area (Å²) in [6.45, 7) is 0. The zero-order chi connectivity index (χ0) is 22.1. The number of benzene rings is 2. The lowest BCUT2D eigenvalue weighted by Crippen LogP contribution is -2.24. The zero-order valence-electron chi connectivity index (χ0n) is 17.7. The fourth-order valence-corrected chi connectivity index (χ4v) is 6.16. The molecule has 5 nitrogen and oxygen atoms in total. The van der Waals surface area contributed by atoms with Crippen LogP contribution in [0.1, 0.15) is 39.5 Å². The number of nitrogens with zero attached hydrogens (tertiary/aromatic N) is 2. The predicted octanol–water partition coefficient (Wildman–Crippen LogP) is 5.41. The Morgan fingerprint density at radius 1 is 1.09 bits per heavy atom. The van der Waals surface area contributed by atoms with Crippen LogP contribution in [0.3, 0.4) is 0 Å². The van der Waals surface area contributed by atoms with Crippen LogP contribution in [0.4, 0.5) is 0 Å². The number of rotatable bonds is 5. The fourth-order valence-electron chi connectivity index (χ4n) is 4.13. The third-order valence-electron chi connectivity index (χ3n) is 5.73. The van der Waals surface area contributed by atoms with E-state index in [0.717, 1.165) is 53.3 Å². The van der Waals surface area contributed by atoms with Crippen molar-refractivity contribution < 1.29 is 9.53 Å². The first-order chi connectivity index (χ1) is 15.7. The number of hydrogen-bond donors (Lipinski definition) is 0. The van der Waals surface area contributed by atoms with Crippen molar-refractivity contribution in [3.63, 3.8) is 0 Å². The second kappa shape index (κ2) is 8.92. The Labute approximate surface area is 194 Å². The van der Waals surface area contributed by atoms with Crippen molar-refractivity contribution in [2.45, 2.75) is 31.4 Å². The van der Waals surface area contributed by atoms with E-state index in [0.29, 0.717) is 22.9 Å². The number of carbonyl (C=O) groups excluding carboxylic acids is 1. The number of aromatic nitrogens is 2. The average Bonchev–Trinajstić information content (AvgIpc) is 3.22. The molecular weight excluding hydrogens is 440 g/mol. The molecule has 1 aliphatic rings. The van der Waals surface area contributed by atoms with Crippen LogP contribution in [0.15, 0.2) is 59.4 Å². The highest BCUT2D eigenvalue weighted by Gasteiger charge is 2.23. The van der Waals surface area contributed by atoms with Crippen molar-refractivity contribution in [2.24, 2.45) is 0 Å². The number of aryl methyl sites for hydroxylation is 2. The van der Waals surface area contributed by atoms with Crippen LogP contribution in [0.5, 0.6) is 5.75 Å². The van der Waals surface area contributed by atoms with Crippen molar-refractivity contribution >= 4 is 38.4 Å². The smallest absolute Gasteiger partial charge is 0.267 e. The third-order valence-corrected chi connectivity index (χ3v) is 7.82. The second-order valence-corrected chi connectivity index (χ2v) is 9.73. The lowest BCUT2D eigenvalue weighted by atomic mass is 9.97. The minimum Gasteiger partial charge on any atom is -0.497 e. The molecule has 5 rings (SSSR count). The molecule has 162 valence electrons. The summed E-state index contributed by atoms with van der Waals surface area (Å²) in [4.78, 5) is 33.5. The highest BCUT2D eigenvalue weighted by Crippen LogP contribution is 2.34. The number of carbonyl (C=O) groups is 1. The number of ether oxygens (including phenoxy) is 1. The molecule has 1 aliphatic carbocycles. The summed E-state index contributed by atoms with van der Waals surface area (Å²) in [5, 5.41) is 0.691. The normalized spacial score (nSPS) is 13.2. The van der Waals surface area contributed by atoms with Gasteiger partial charge in [0.15, 0.2) is 0 Å². The fraction of sp³-hybridized carbons (Fsp3) is 0.240. The van der Waals surface area contributed by atoms with E-state index in [1.165, 1.54) is 10.4 Å². The molecule has 4 aromatic rings. The van der Waals surface area contributed by atoms with E-state index in [-0.39, 0.29) is 10.7 Å². The number of fused-ring (bicyclic) bond motifs is 3. The summed E-state index contributed by atoms with van der Waals surface area (Å²) >= 11 is 2.79. The van der Waals surface area contributed by atoms with Crippen molar-refractivity contribution in [3.05, 3.63) is 86.8 Å². The molecule has 0 N–H and O–H groups in total. The third kappa shape index (κ3) is 3.87. The van der Waals surface area contributed by atoms with Crippen LogP contribution in [0.2, 0.25) is 0 Å². The molecule has 2 heterocycles. The van der Waals surface area contributed by atoms with Gasteiger partial charge in [0.2, 0.25) is 5.12 Å². The Morgan fingerprint density at radius 2 is 1.84 bits per heavy atom. The lowest BCUT2D eigenvalue weighted by molar-refractivity contribution is 0.108. The van der Waals surface area contributed by atoms with E-state index in [2.05, 4.69) is 0 Å². The molecule has 2 aromatic heterocycles. The number of thiophene rings is 1. The van der Waals surface area contributed by atoms with E-state index in [1.807, 2.05) is 30.3 Å². The maximum absolute atomic E-state index is 13.7. The van der Waals surface area contributed by atoms with Crippen LogP contribution in [0.25, 0.3) is 15.9 Å². The standard InChI is InChI=1S/C25H22N2O3S2/c1-30-18-13-11-16(12-14-18)25(29)31-15-21-26-23-22(19-9-5-6-10-20(19)32-23)24(28)27(21)17-7-3-2-4-8-17/h2-4,7-8,11-14H,5-6,9-10,15H2,1H3. The van der Waals surface area contributed by atoms with E-state index < -0.39 is 0 Å². The van der Waals surface area contributed by atoms with Crippen molar-refractivity contribution in [3.8, 4) is 11.4 Å². The highest BCUT2D eigenvalue weighted by molar-refractivity contribution is 8.13. The predicted molar refractivity (Wildman–Crippen MR) is 130 cm³/mol. The molecule has 0 fully saturated rings. The van der Waals surface area contributed by atoms with Gasteiger partial charge in [-0.05, 0) is 67.6 Å². The van der Waals surface area contributed by atoms with Gasteiger partial charge in [-0.3, -0.25) is 14.2 Å². The Bertz CT molecular complexity index is 1340. The van der Waals surface area contributed by atoms with E-state index in [9.17, 15) is 9.59 Å². The Balaban J connectivity index is 1.55. The molecule has 0 radical (unpaired) electrons. The molecule has 0 atom stereocenters. The summed E-state index contributed by atoms with van der Waals surface area (Å²) in [5.41, 5.74) is 2.51. The number of para-hydroxylation sites is 1. The lowest BCUT2D eigenvalue weighted by Gasteiger charge is -2.13. The van der Waals surface area contributed by atoms with E-state index >= 15 is 0 Å². The minimum atomic E-state index is -0.0629. The second-order valence-electron chi connectivity index (χ2n) is 7.70. The molecule has 0 bridgehead atoms. The summed E-state index contributed by atoms with van der Waals surface area (Å²) in [6, 6.07) is 16.6. The van der Waals surface area contributed by atoms with Gasteiger partial charge in [0.1, 0.15) is 16.4 Å². The maximum Gasteiger partial charge on any atom is 0.267 e. The first-order valence-electron chi connectivity index (χ1n) is 10.6. The van der Waals surface area contributed by atoms with Crippen molar-refractivity contribution in [1.29, 1.82) is 0 Å². The monoisotopic (exact) mass is 462 g/mol. The van der Waals surface area contributed by atoms with Gasteiger partial charge >= 0.3 is 0 Å². The molecule has 0 saturated carbocycles. The van der Waals surface area contributed by atoms with Crippen molar-refractivity contribution in [2.75, 3.05) is 7.11 Å². The maximum atomic E-state index is 13.7. The Morgan fingerprint density at radius 3 is 2.59 bits per heavy atom. The molecule has 0 spiro atoms. The summed E-state index contributed by atoms with van der Waals surface area (Å²) in [5.74, 6) is 1.62. The minimum absolute atomic E-state index is 0.0342. The number of methoxy groups -OCH3 is 1. The molecule has 0 unspecified atom stereocenters. The van der Waals surface area contributed by atoms with Gasteiger partial charge in [-0.15, -0.1) is 11.3 Å². The summed E-state index contributed by atoms with van der Waals surface area (Å²) in [7, 11) is 1.60. The zero-order valence-corrected chi connectivity index (χ0v) is 19.3. The SMILES string of the molecule is COc1ccc(C(=O)SCc2nc3sc4c(c3c(=O)n2-c2ccccc2)CCCC4)cc1. The molecule has 0 amide bonds. The first kappa shape index (κ1) is 21.0. The van der Waals surface area contributed by atoms with Gasteiger partial charge in [-0.1, -0.05) is 30.0 Å². The largest absolute Gasteiger partial charge is 0.497 e. The van der Waals surface area contributed by atoms with Gasteiger partial charge in [0.25, 0.3) is 5.56 Å². The van der Waals surface area contributed by atoms with Crippen LogP contribution < -0.4 is 10.3 Å². The Hall–Kier alpha value is -2.90. The van der Waals surface area contributed by atoms with Gasteiger partial charge in [-0.25, -0.2) is 4.98 Å². The van der Waals surface area contributed by atoms with Crippen LogP contribution in [0, 0.1) is 0 Å². The quantitative estimate of drug-likeness (QED) is 0.397. The van der Waals surface area contributed by atoms with E-state index in [1.54, 1.807) is 47.3 Å². The van der Waals surface area contributed by atoms with Crippen LogP contribution in [-0.4, -0.2) is 21.8 Å². The molecule has 2 aromatic carbocycles. The summed E-state index contributed by atoms with van der Waals surface area (Å²) < 4.78 is 6.85. The van der Waals surface area contributed by atoms with E-state index in [4.69, 9.17) is 9.72 Å². The average molecular weight is 463 g/mol. The summed E-state index contributed by atoms with van der Waals surface area (Å²) in [6.07, 6.45) is 4.22. The highest BCUT2D eigenvalue weighted by atomic mass is 32.2. The van der Waals surface area contributed by atoms with Gasteiger partial charge in [0, 0.05) is 10.4 Å². The Kier molecular flexibility index (Phi) is 5.85. The van der Waals surface area contributed by atoms with Crippen molar-refractivity contribution in [1.82, 2.24) is 9.55 Å². The topological polar surface area (TPSA) is 61.2 Å². The van der Waals surface area contributed by atoms with Gasteiger partial charge < -0.3 is 4.74 Å². The van der Waals surface area contributed by atoms with Gasteiger partial charge in [-0.2, -0.15) is 0 Å². The number of hydrogen-bond acceptors (Lipinski definition) is 6. The molecule has 32 heavy (non-hydrogen) atoms. The number of thioether (sulfide) groups is 1. The first-order valence-corrected chi connectivity index (χ1v) is 12.4. The molecule has 0 saturated heterocycles. The van der Waals surface area contributed by atoms with Gasteiger partial charge in [0.05, 0.1) is 23.9 Å². The molecule has 0 aliphatic heterocycles. The molecule has 7 heteroatoms.